The zero-order valence-corrected chi connectivity index (χ0v) is 21.5. The largest absolute Gasteiger partial charge is 0.416 e. The molecule has 2 fully saturated rings. The van der Waals surface area contributed by atoms with Crippen molar-refractivity contribution in [2.24, 2.45) is 5.92 Å². The van der Waals surface area contributed by atoms with E-state index in [0.29, 0.717) is 54.9 Å². The van der Waals surface area contributed by atoms with Crippen molar-refractivity contribution in [1.82, 2.24) is 15.1 Å². The lowest BCUT2D eigenvalue weighted by molar-refractivity contribution is -0.155. The highest BCUT2D eigenvalue weighted by atomic mass is 19.4. The number of amides is 2. The molecule has 0 saturated carbocycles. The Kier molecular flexibility index (Phi) is 8.58. The van der Waals surface area contributed by atoms with E-state index in [-0.39, 0.29) is 11.5 Å². The maximum atomic E-state index is 13.7. The van der Waals surface area contributed by atoms with Crippen LogP contribution in [-0.4, -0.2) is 60.0 Å². The van der Waals surface area contributed by atoms with Gasteiger partial charge in [-0.25, -0.2) is 0 Å². The van der Waals surface area contributed by atoms with Gasteiger partial charge in [-0.1, -0.05) is 19.1 Å². The molecule has 2 amide bonds. The third-order valence-corrected chi connectivity index (χ3v) is 7.52. The van der Waals surface area contributed by atoms with Gasteiger partial charge in [0.25, 0.3) is 11.8 Å². The highest BCUT2D eigenvalue weighted by molar-refractivity contribution is 5.98. The molecule has 1 unspecified atom stereocenters. The predicted molar refractivity (Wildman–Crippen MR) is 133 cm³/mol. The van der Waals surface area contributed by atoms with Crippen molar-refractivity contribution in [2.75, 3.05) is 26.2 Å². The van der Waals surface area contributed by atoms with Gasteiger partial charge in [-0.3, -0.25) is 14.5 Å². The number of nitrogens with zero attached hydrogens (tertiary/aromatic N) is 2. The second-order valence-corrected chi connectivity index (χ2v) is 10.4. The lowest BCUT2D eigenvalue weighted by Crippen LogP contribution is -2.49. The third-order valence-electron chi connectivity index (χ3n) is 7.52. The number of nitrogens with one attached hydrogen (secondary N) is 1. The Labute approximate surface area is 223 Å². The van der Waals surface area contributed by atoms with Crippen LogP contribution in [0.2, 0.25) is 0 Å². The van der Waals surface area contributed by atoms with Crippen LogP contribution in [0.5, 0.6) is 0 Å². The number of hydrogen-bond donors (Lipinski definition) is 1. The van der Waals surface area contributed by atoms with Crippen molar-refractivity contribution in [1.29, 1.82) is 0 Å². The molecule has 2 aromatic carbocycles. The number of benzene rings is 2. The number of likely N-dealkylation sites (tertiary alicyclic amines) is 2. The Bertz CT molecular complexity index is 1140. The summed E-state index contributed by atoms with van der Waals surface area (Å²) < 4.78 is 79.3. The summed E-state index contributed by atoms with van der Waals surface area (Å²) in [5.74, 6) is -0.589. The number of alkyl halides is 6. The fourth-order valence-electron chi connectivity index (χ4n) is 5.37. The first-order valence-electron chi connectivity index (χ1n) is 13.0. The number of halogens is 6. The summed E-state index contributed by atoms with van der Waals surface area (Å²) in [5, 5.41) is 1.85. The molecule has 2 heterocycles. The van der Waals surface area contributed by atoms with E-state index in [0.717, 1.165) is 25.9 Å². The van der Waals surface area contributed by atoms with Crippen molar-refractivity contribution in [3.8, 4) is 0 Å². The van der Waals surface area contributed by atoms with Crippen molar-refractivity contribution < 1.29 is 35.9 Å². The fourth-order valence-corrected chi connectivity index (χ4v) is 5.37. The molecule has 1 N–H and O–H groups in total. The topological polar surface area (TPSA) is 52.7 Å². The van der Waals surface area contributed by atoms with Gasteiger partial charge in [0, 0.05) is 36.8 Å². The number of carbonyl (C=O) groups is 2. The van der Waals surface area contributed by atoms with E-state index in [1.807, 2.05) is 5.32 Å². The summed E-state index contributed by atoms with van der Waals surface area (Å²) in [7, 11) is 0. The van der Waals surface area contributed by atoms with Gasteiger partial charge in [0.1, 0.15) is 0 Å². The van der Waals surface area contributed by atoms with Crippen LogP contribution >= 0.6 is 0 Å². The molecule has 5 nitrogen and oxygen atoms in total. The second-order valence-electron chi connectivity index (χ2n) is 10.4. The molecule has 2 atom stereocenters. The van der Waals surface area contributed by atoms with Crippen LogP contribution in [0.3, 0.4) is 0 Å². The van der Waals surface area contributed by atoms with E-state index in [4.69, 9.17) is 0 Å². The minimum absolute atomic E-state index is 0.106. The summed E-state index contributed by atoms with van der Waals surface area (Å²) in [6, 6.07) is 5.75. The van der Waals surface area contributed by atoms with Crippen LogP contribution < -0.4 is 5.32 Å². The highest BCUT2D eigenvalue weighted by Gasteiger charge is 2.42. The lowest BCUT2D eigenvalue weighted by Gasteiger charge is -2.41. The van der Waals surface area contributed by atoms with Crippen LogP contribution in [0.15, 0.2) is 48.5 Å². The molecule has 2 aliphatic heterocycles. The van der Waals surface area contributed by atoms with Crippen molar-refractivity contribution >= 4 is 11.8 Å². The normalized spacial score (nSPS) is 20.5. The number of hydrogen-bond acceptors (Lipinski definition) is 3. The Balaban J connectivity index is 1.37. The van der Waals surface area contributed by atoms with E-state index >= 15 is 0 Å². The first-order valence-corrected chi connectivity index (χ1v) is 13.0. The quantitative estimate of drug-likeness (QED) is 0.456. The van der Waals surface area contributed by atoms with Gasteiger partial charge in [0.15, 0.2) is 6.04 Å². The maximum Gasteiger partial charge on any atom is 0.416 e. The SMILES string of the molecule is C[C@@H]1CCCN(C2CCN(C(=O)c3ccc(C(=O)NC(c4ccc(C(F)(F)F)cc4)C(F)(F)F)cc3)CC2)C1. The van der Waals surface area contributed by atoms with Crippen LogP contribution in [0, 0.1) is 5.92 Å². The van der Waals surface area contributed by atoms with Gasteiger partial charge in [0.05, 0.1) is 5.56 Å². The molecule has 0 aliphatic carbocycles. The molecule has 39 heavy (non-hydrogen) atoms. The average Bonchev–Trinajstić information content (AvgIpc) is 2.90. The van der Waals surface area contributed by atoms with Crippen molar-refractivity contribution in [2.45, 2.75) is 57.0 Å². The third kappa shape index (κ3) is 7.12. The Morgan fingerprint density at radius 3 is 1.97 bits per heavy atom. The zero-order chi connectivity index (χ0) is 28.4. The molecule has 4 rings (SSSR count). The van der Waals surface area contributed by atoms with Crippen LogP contribution in [0.1, 0.15) is 70.5 Å². The van der Waals surface area contributed by atoms with Gasteiger partial charge >= 0.3 is 12.4 Å². The van der Waals surface area contributed by atoms with E-state index in [9.17, 15) is 35.9 Å². The molecule has 2 aromatic rings. The van der Waals surface area contributed by atoms with Crippen LogP contribution in [0.25, 0.3) is 0 Å². The molecule has 11 heteroatoms. The van der Waals surface area contributed by atoms with E-state index < -0.39 is 35.4 Å². The fraction of sp³-hybridized carbons (Fsp3) is 0.500. The van der Waals surface area contributed by atoms with Crippen molar-refractivity contribution in [3.05, 3.63) is 70.8 Å². The molecule has 212 valence electrons. The first-order chi connectivity index (χ1) is 18.3. The summed E-state index contributed by atoms with van der Waals surface area (Å²) in [5.41, 5.74) is -1.40. The number of carbonyl (C=O) groups excluding carboxylic acids is 2. The smallest absolute Gasteiger partial charge is 0.339 e. The Morgan fingerprint density at radius 1 is 0.846 bits per heavy atom. The van der Waals surface area contributed by atoms with E-state index in [1.54, 1.807) is 4.90 Å². The van der Waals surface area contributed by atoms with Gasteiger partial charge in [0.2, 0.25) is 0 Å². The molecule has 2 aliphatic rings. The molecule has 0 aromatic heterocycles. The zero-order valence-electron chi connectivity index (χ0n) is 21.5. The van der Waals surface area contributed by atoms with E-state index in [2.05, 4.69) is 11.8 Å². The van der Waals surface area contributed by atoms with Crippen molar-refractivity contribution in [3.63, 3.8) is 0 Å². The van der Waals surface area contributed by atoms with Gasteiger partial charge in [-0.05, 0) is 80.1 Å². The average molecular weight is 556 g/mol. The molecule has 0 radical (unpaired) electrons. The maximum absolute atomic E-state index is 13.7. The molecule has 0 spiro atoms. The van der Waals surface area contributed by atoms with Crippen LogP contribution in [0.4, 0.5) is 26.3 Å². The first kappa shape index (κ1) is 28.9. The Morgan fingerprint density at radius 2 is 1.44 bits per heavy atom. The summed E-state index contributed by atoms with van der Waals surface area (Å²) in [6.45, 7) is 5.64. The summed E-state index contributed by atoms with van der Waals surface area (Å²) in [4.78, 5) is 29.9. The standard InChI is InChI=1S/C28H31F6N3O2/c1-18-3-2-14-37(17-18)23-12-15-36(16-13-23)26(39)21-6-4-20(5-7-21)25(38)35-24(28(32,33)34)19-8-10-22(11-9-19)27(29,30)31/h4-11,18,23-24H,2-3,12-17H2,1H3,(H,35,38)/t18-,24?/m1/s1. The molecule has 0 bridgehead atoms. The molecular formula is C28H31F6N3O2. The monoisotopic (exact) mass is 555 g/mol. The molecule has 2 saturated heterocycles. The van der Waals surface area contributed by atoms with Gasteiger partial charge < -0.3 is 10.2 Å². The molecular weight excluding hydrogens is 524 g/mol. The summed E-state index contributed by atoms with van der Waals surface area (Å²) in [6.07, 6.45) is -5.45. The lowest BCUT2D eigenvalue weighted by atomic mass is 9.95. The van der Waals surface area contributed by atoms with E-state index in [1.165, 1.54) is 37.1 Å². The minimum atomic E-state index is -4.94. The van der Waals surface area contributed by atoms with Crippen LogP contribution in [-0.2, 0) is 6.18 Å². The Hall–Kier alpha value is -3.08. The second kappa shape index (κ2) is 11.6. The highest BCUT2D eigenvalue weighted by Crippen LogP contribution is 2.35. The minimum Gasteiger partial charge on any atom is -0.339 e. The summed E-state index contributed by atoms with van der Waals surface area (Å²) >= 11 is 0. The number of rotatable bonds is 5. The van der Waals surface area contributed by atoms with Gasteiger partial charge in [-0.15, -0.1) is 0 Å². The van der Waals surface area contributed by atoms with Gasteiger partial charge in [-0.2, -0.15) is 26.3 Å². The predicted octanol–water partition coefficient (Wildman–Crippen LogP) is 6.08. The number of piperidine rings is 2.